The molecule has 0 bridgehead atoms. The number of hydrogen-bond acceptors (Lipinski definition) is 5. The summed E-state index contributed by atoms with van der Waals surface area (Å²) in [4.78, 5) is 36.1. The molecule has 7 heteroatoms. The number of benzene rings is 1. The van der Waals surface area contributed by atoms with Gasteiger partial charge >= 0.3 is 5.97 Å². The number of Topliss-reactive ketones (excluding diaryl/α,β-unsaturated/α-hetero) is 1. The minimum Gasteiger partial charge on any atom is -0.481 e. The van der Waals surface area contributed by atoms with Gasteiger partial charge in [0.2, 0.25) is 12.7 Å². The molecule has 1 aromatic rings. The van der Waals surface area contributed by atoms with E-state index in [9.17, 15) is 19.5 Å². The normalized spacial score (nSPS) is 17.8. The van der Waals surface area contributed by atoms with Gasteiger partial charge in [0.25, 0.3) is 0 Å². The second-order valence-corrected chi connectivity index (χ2v) is 6.68. The molecule has 0 radical (unpaired) electrons. The van der Waals surface area contributed by atoms with E-state index in [1.165, 1.54) is 13.0 Å². The first-order valence-electron chi connectivity index (χ1n) is 8.39. The Morgan fingerprint density at radius 1 is 1.12 bits per heavy atom. The molecule has 1 fully saturated rings. The Kier molecular flexibility index (Phi) is 4.65. The van der Waals surface area contributed by atoms with Crippen molar-refractivity contribution in [2.24, 2.45) is 5.41 Å². The van der Waals surface area contributed by atoms with E-state index in [0.29, 0.717) is 35.6 Å². The quantitative estimate of drug-likeness (QED) is 0.794. The molecule has 1 saturated carbocycles. The molecular weight excluding hydrogens is 326 g/mol. The summed E-state index contributed by atoms with van der Waals surface area (Å²) in [6.07, 6.45) is 3.50. The molecular formula is C18H21NO6. The molecule has 1 aliphatic carbocycles. The summed E-state index contributed by atoms with van der Waals surface area (Å²) in [5.74, 6) is -0.659. The Labute approximate surface area is 145 Å². The van der Waals surface area contributed by atoms with Crippen molar-refractivity contribution in [3.05, 3.63) is 17.7 Å². The smallest absolute Gasteiger partial charge is 0.310 e. The fourth-order valence-corrected chi connectivity index (χ4v) is 3.53. The van der Waals surface area contributed by atoms with Crippen LogP contribution in [0, 0.1) is 5.41 Å². The Hall–Kier alpha value is -2.57. The van der Waals surface area contributed by atoms with Gasteiger partial charge in [0.15, 0.2) is 17.3 Å². The SMILES string of the molecule is CC(=O)c1cc2c(cc1NC(=O)CC1(C(=O)O)CCCCC1)OCO2. The lowest BCUT2D eigenvalue weighted by atomic mass is 9.71. The average molecular weight is 347 g/mol. The molecule has 0 unspecified atom stereocenters. The number of rotatable bonds is 5. The van der Waals surface area contributed by atoms with E-state index in [1.807, 2.05) is 0 Å². The number of carboxylic acids is 1. The van der Waals surface area contributed by atoms with Gasteiger partial charge in [-0.1, -0.05) is 19.3 Å². The first kappa shape index (κ1) is 17.3. The van der Waals surface area contributed by atoms with Crippen molar-refractivity contribution in [2.75, 3.05) is 12.1 Å². The van der Waals surface area contributed by atoms with Crippen LogP contribution in [0.2, 0.25) is 0 Å². The van der Waals surface area contributed by atoms with Gasteiger partial charge in [-0.05, 0) is 25.8 Å². The molecule has 1 aliphatic heterocycles. The van der Waals surface area contributed by atoms with Crippen LogP contribution in [0.1, 0.15) is 55.8 Å². The molecule has 1 heterocycles. The third kappa shape index (κ3) is 3.45. The molecule has 1 amide bonds. The molecule has 2 aliphatic rings. The lowest BCUT2D eigenvalue weighted by molar-refractivity contribution is -0.153. The summed E-state index contributed by atoms with van der Waals surface area (Å²) in [6.45, 7) is 1.46. The highest BCUT2D eigenvalue weighted by molar-refractivity contribution is 6.05. The van der Waals surface area contributed by atoms with Crippen LogP contribution in [0.5, 0.6) is 11.5 Å². The summed E-state index contributed by atoms with van der Waals surface area (Å²) < 4.78 is 10.5. The number of fused-ring (bicyclic) bond motifs is 1. The largest absolute Gasteiger partial charge is 0.481 e. The number of carbonyl (C=O) groups excluding carboxylic acids is 2. The molecule has 1 aromatic carbocycles. The number of nitrogens with one attached hydrogen (secondary N) is 1. The van der Waals surface area contributed by atoms with Gasteiger partial charge in [-0.25, -0.2) is 0 Å². The van der Waals surface area contributed by atoms with Crippen molar-refractivity contribution >= 4 is 23.3 Å². The van der Waals surface area contributed by atoms with Gasteiger partial charge in [0, 0.05) is 18.1 Å². The van der Waals surface area contributed by atoms with Crippen LogP contribution in [-0.4, -0.2) is 29.6 Å². The van der Waals surface area contributed by atoms with Gasteiger partial charge < -0.3 is 19.9 Å². The lowest BCUT2D eigenvalue weighted by Crippen LogP contribution is -2.37. The summed E-state index contributed by atoms with van der Waals surface area (Å²) in [7, 11) is 0. The van der Waals surface area contributed by atoms with Crippen molar-refractivity contribution < 1.29 is 29.0 Å². The minimum absolute atomic E-state index is 0.0617. The van der Waals surface area contributed by atoms with E-state index >= 15 is 0 Å². The van der Waals surface area contributed by atoms with Gasteiger partial charge in [-0.3, -0.25) is 14.4 Å². The number of amides is 1. The van der Waals surface area contributed by atoms with Crippen molar-refractivity contribution in [1.29, 1.82) is 0 Å². The van der Waals surface area contributed by atoms with E-state index in [0.717, 1.165) is 19.3 Å². The number of carboxylic acid groups (broad SMARTS) is 1. The number of ketones is 1. The maximum Gasteiger partial charge on any atom is 0.310 e. The molecule has 25 heavy (non-hydrogen) atoms. The van der Waals surface area contributed by atoms with Crippen molar-refractivity contribution in [2.45, 2.75) is 45.4 Å². The van der Waals surface area contributed by atoms with E-state index in [-0.39, 0.29) is 19.0 Å². The maximum absolute atomic E-state index is 12.5. The molecule has 0 atom stereocenters. The minimum atomic E-state index is -1.02. The van der Waals surface area contributed by atoms with Gasteiger partial charge in [-0.15, -0.1) is 0 Å². The Bertz CT molecular complexity index is 721. The summed E-state index contributed by atoms with van der Waals surface area (Å²) in [6, 6.07) is 3.08. The Morgan fingerprint density at radius 3 is 2.36 bits per heavy atom. The predicted octanol–water partition coefficient (Wildman–Crippen LogP) is 2.98. The number of aliphatic carboxylic acids is 1. The highest BCUT2D eigenvalue weighted by Gasteiger charge is 2.41. The third-order valence-electron chi connectivity index (χ3n) is 4.93. The third-order valence-corrected chi connectivity index (χ3v) is 4.93. The lowest BCUT2D eigenvalue weighted by Gasteiger charge is -2.32. The maximum atomic E-state index is 12.5. The van der Waals surface area contributed by atoms with E-state index in [2.05, 4.69) is 5.32 Å². The molecule has 0 aromatic heterocycles. The van der Waals surface area contributed by atoms with Gasteiger partial charge in [0.05, 0.1) is 11.1 Å². The van der Waals surface area contributed by atoms with Crippen molar-refractivity contribution in [3.63, 3.8) is 0 Å². The predicted molar refractivity (Wildman–Crippen MR) is 89.0 cm³/mol. The number of anilines is 1. The first-order chi connectivity index (χ1) is 11.9. The zero-order valence-corrected chi connectivity index (χ0v) is 14.1. The summed E-state index contributed by atoms with van der Waals surface area (Å²) >= 11 is 0. The second kappa shape index (κ2) is 6.74. The summed E-state index contributed by atoms with van der Waals surface area (Å²) in [5, 5.41) is 12.3. The highest BCUT2D eigenvalue weighted by Crippen LogP contribution is 2.41. The second-order valence-electron chi connectivity index (χ2n) is 6.68. The van der Waals surface area contributed by atoms with Gasteiger partial charge in [-0.2, -0.15) is 0 Å². The zero-order chi connectivity index (χ0) is 18.0. The van der Waals surface area contributed by atoms with Crippen LogP contribution >= 0.6 is 0 Å². The standard InChI is InChI=1S/C18H21NO6/c1-11(20)12-7-14-15(25-10-24-14)8-13(12)19-16(21)9-18(17(22)23)5-3-2-4-6-18/h7-8H,2-6,9-10H2,1H3,(H,19,21)(H,22,23). The van der Waals surface area contributed by atoms with E-state index < -0.39 is 17.3 Å². The van der Waals surface area contributed by atoms with Crippen LogP contribution in [0.25, 0.3) is 0 Å². The fourth-order valence-electron chi connectivity index (χ4n) is 3.53. The Balaban J connectivity index is 1.81. The average Bonchev–Trinajstić information content (AvgIpc) is 3.01. The number of ether oxygens (including phenoxy) is 2. The molecule has 0 saturated heterocycles. The highest BCUT2D eigenvalue weighted by atomic mass is 16.7. The van der Waals surface area contributed by atoms with Crippen LogP contribution in [0.15, 0.2) is 12.1 Å². The Morgan fingerprint density at radius 2 is 1.76 bits per heavy atom. The first-order valence-corrected chi connectivity index (χ1v) is 8.39. The fraction of sp³-hybridized carbons (Fsp3) is 0.500. The topological polar surface area (TPSA) is 102 Å². The van der Waals surface area contributed by atoms with Crippen molar-refractivity contribution in [3.8, 4) is 11.5 Å². The number of hydrogen-bond donors (Lipinski definition) is 2. The van der Waals surface area contributed by atoms with Crippen LogP contribution < -0.4 is 14.8 Å². The molecule has 3 rings (SSSR count). The molecule has 7 nitrogen and oxygen atoms in total. The van der Waals surface area contributed by atoms with E-state index in [1.54, 1.807) is 6.07 Å². The van der Waals surface area contributed by atoms with E-state index in [4.69, 9.17) is 9.47 Å². The van der Waals surface area contributed by atoms with Crippen LogP contribution in [-0.2, 0) is 9.59 Å². The number of carbonyl (C=O) groups is 3. The summed E-state index contributed by atoms with van der Waals surface area (Å²) in [5.41, 5.74) is -0.390. The molecule has 134 valence electrons. The monoisotopic (exact) mass is 347 g/mol. The van der Waals surface area contributed by atoms with Crippen molar-refractivity contribution in [1.82, 2.24) is 0 Å². The van der Waals surface area contributed by atoms with Gasteiger partial charge in [0.1, 0.15) is 0 Å². The van der Waals surface area contributed by atoms with Crippen LogP contribution in [0.3, 0.4) is 0 Å². The zero-order valence-electron chi connectivity index (χ0n) is 14.1. The van der Waals surface area contributed by atoms with Crippen LogP contribution in [0.4, 0.5) is 5.69 Å². The molecule has 2 N–H and O–H groups in total. The molecule has 0 spiro atoms.